The van der Waals surface area contributed by atoms with Gasteiger partial charge in [0.05, 0.1) is 5.69 Å². The minimum absolute atomic E-state index is 0.790. The number of hydrogen-bond donors (Lipinski definition) is 2. The van der Waals surface area contributed by atoms with E-state index in [1.807, 2.05) is 17.8 Å². The maximum Gasteiger partial charge on any atom is 0.148 e. The number of rotatable bonds is 4. The molecule has 1 aromatic carbocycles. The third kappa shape index (κ3) is 2.72. The van der Waals surface area contributed by atoms with Crippen molar-refractivity contribution in [2.24, 2.45) is 5.84 Å². The summed E-state index contributed by atoms with van der Waals surface area (Å²) in [7, 11) is 0. The van der Waals surface area contributed by atoms with E-state index in [9.17, 15) is 0 Å². The molecule has 2 heterocycles. The molecule has 19 heavy (non-hydrogen) atoms. The number of aryl methyl sites for hydroxylation is 2. The van der Waals surface area contributed by atoms with Crippen molar-refractivity contribution in [2.75, 3.05) is 5.43 Å². The van der Waals surface area contributed by atoms with Gasteiger partial charge in [-0.3, -0.25) is 0 Å². The van der Waals surface area contributed by atoms with Gasteiger partial charge in [-0.05, 0) is 12.0 Å². The SMILES string of the molecule is NNc1nc(CCc2ccccc2)nc2c1CSC2. The molecule has 3 N–H and O–H groups in total. The number of fused-ring (bicyclic) bond motifs is 1. The van der Waals surface area contributed by atoms with Crippen molar-refractivity contribution in [3.05, 3.63) is 53.0 Å². The third-order valence-corrected chi connectivity index (χ3v) is 4.21. The molecule has 0 fully saturated rings. The van der Waals surface area contributed by atoms with Crippen molar-refractivity contribution in [2.45, 2.75) is 24.3 Å². The predicted molar refractivity (Wildman–Crippen MR) is 78.7 cm³/mol. The van der Waals surface area contributed by atoms with Crippen LogP contribution in [0.25, 0.3) is 0 Å². The van der Waals surface area contributed by atoms with Gasteiger partial charge in [0.25, 0.3) is 0 Å². The Labute approximate surface area is 116 Å². The van der Waals surface area contributed by atoms with Gasteiger partial charge in [-0.1, -0.05) is 30.3 Å². The zero-order chi connectivity index (χ0) is 13.1. The summed E-state index contributed by atoms with van der Waals surface area (Å²) < 4.78 is 0. The van der Waals surface area contributed by atoms with Gasteiger partial charge in [0.1, 0.15) is 11.6 Å². The van der Waals surface area contributed by atoms with Gasteiger partial charge in [-0.15, -0.1) is 0 Å². The molecule has 0 spiro atoms. The molecule has 3 rings (SSSR count). The van der Waals surface area contributed by atoms with E-state index >= 15 is 0 Å². The highest BCUT2D eigenvalue weighted by atomic mass is 32.2. The standard InChI is InChI=1S/C14H16N4S/c15-18-14-11-8-19-9-12(11)16-13(17-14)7-6-10-4-2-1-3-5-10/h1-5H,6-9,15H2,(H,16,17,18). The largest absolute Gasteiger partial charge is 0.308 e. The lowest BCUT2D eigenvalue weighted by Gasteiger charge is -2.08. The molecule has 2 aromatic rings. The summed E-state index contributed by atoms with van der Waals surface area (Å²) >= 11 is 1.86. The summed E-state index contributed by atoms with van der Waals surface area (Å²) in [6.07, 6.45) is 1.80. The monoisotopic (exact) mass is 272 g/mol. The molecule has 0 bridgehead atoms. The van der Waals surface area contributed by atoms with Crippen LogP contribution in [-0.2, 0) is 24.3 Å². The smallest absolute Gasteiger partial charge is 0.148 e. The van der Waals surface area contributed by atoms with Crippen LogP contribution in [-0.4, -0.2) is 9.97 Å². The Hall–Kier alpha value is -1.59. The molecule has 5 heteroatoms. The first-order valence-corrected chi connectivity index (χ1v) is 7.49. The number of benzene rings is 1. The number of thioether (sulfide) groups is 1. The van der Waals surface area contributed by atoms with Crippen molar-refractivity contribution < 1.29 is 0 Å². The zero-order valence-electron chi connectivity index (χ0n) is 10.6. The number of nitrogens with two attached hydrogens (primary N) is 1. The zero-order valence-corrected chi connectivity index (χ0v) is 11.4. The Bertz CT molecular complexity index is 571. The van der Waals surface area contributed by atoms with Crippen LogP contribution in [0.15, 0.2) is 30.3 Å². The summed E-state index contributed by atoms with van der Waals surface area (Å²) in [5, 5.41) is 0. The Morgan fingerprint density at radius 1 is 1.11 bits per heavy atom. The number of nitrogens with one attached hydrogen (secondary N) is 1. The van der Waals surface area contributed by atoms with Gasteiger partial charge in [-0.2, -0.15) is 11.8 Å². The Balaban J connectivity index is 1.78. The Morgan fingerprint density at radius 2 is 1.95 bits per heavy atom. The van der Waals surface area contributed by atoms with Crippen molar-refractivity contribution in [1.82, 2.24) is 9.97 Å². The molecule has 4 nitrogen and oxygen atoms in total. The fourth-order valence-corrected chi connectivity index (χ4v) is 3.28. The predicted octanol–water partition coefficient (Wildman–Crippen LogP) is 2.29. The first-order valence-electron chi connectivity index (χ1n) is 6.34. The average Bonchev–Trinajstić information content (AvgIpc) is 2.93. The van der Waals surface area contributed by atoms with Crippen molar-refractivity contribution >= 4 is 17.6 Å². The molecule has 0 radical (unpaired) electrons. The normalized spacial score (nSPS) is 13.3. The Kier molecular flexibility index (Phi) is 3.66. The maximum atomic E-state index is 5.55. The molecule has 0 unspecified atom stereocenters. The van der Waals surface area contributed by atoms with E-state index in [2.05, 4.69) is 39.7 Å². The molecule has 0 aliphatic carbocycles. The third-order valence-electron chi connectivity index (χ3n) is 3.24. The number of nitrogen functional groups attached to an aromatic ring is 1. The van der Waals surface area contributed by atoms with E-state index in [1.165, 1.54) is 5.56 Å². The minimum atomic E-state index is 0.790. The fraction of sp³-hybridized carbons (Fsp3) is 0.286. The van der Waals surface area contributed by atoms with E-state index in [4.69, 9.17) is 5.84 Å². The lowest BCUT2D eigenvalue weighted by atomic mass is 10.1. The van der Waals surface area contributed by atoms with E-state index in [0.29, 0.717) is 0 Å². The summed E-state index contributed by atoms with van der Waals surface area (Å²) in [5.74, 6) is 9.13. The van der Waals surface area contributed by atoms with Crippen LogP contribution >= 0.6 is 11.8 Å². The summed E-state index contributed by atoms with van der Waals surface area (Å²) in [4.78, 5) is 9.17. The number of nitrogens with zero attached hydrogens (tertiary/aromatic N) is 2. The molecule has 1 aliphatic rings. The molecule has 0 atom stereocenters. The van der Waals surface area contributed by atoms with Gasteiger partial charge in [0.15, 0.2) is 0 Å². The molecule has 0 saturated carbocycles. The number of anilines is 1. The number of hydrogen-bond acceptors (Lipinski definition) is 5. The molecule has 1 aliphatic heterocycles. The van der Waals surface area contributed by atoms with Gasteiger partial charge >= 0.3 is 0 Å². The average molecular weight is 272 g/mol. The van der Waals surface area contributed by atoms with Gasteiger partial charge in [0.2, 0.25) is 0 Å². The van der Waals surface area contributed by atoms with E-state index in [0.717, 1.165) is 47.2 Å². The quantitative estimate of drug-likeness (QED) is 0.660. The summed E-state index contributed by atoms with van der Waals surface area (Å²) in [6.45, 7) is 0. The van der Waals surface area contributed by atoms with Crippen LogP contribution in [0.5, 0.6) is 0 Å². The molecular formula is C14H16N4S. The number of aromatic nitrogens is 2. The van der Waals surface area contributed by atoms with E-state index < -0.39 is 0 Å². The highest BCUT2D eigenvalue weighted by molar-refractivity contribution is 7.98. The lowest BCUT2D eigenvalue weighted by molar-refractivity contribution is 0.840. The van der Waals surface area contributed by atoms with E-state index in [1.54, 1.807) is 0 Å². The number of hydrazine groups is 1. The summed E-state index contributed by atoms with van der Waals surface area (Å²) in [6, 6.07) is 10.4. The summed E-state index contributed by atoms with van der Waals surface area (Å²) in [5.41, 5.74) is 6.31. The van der Waals surface area contributed by atoms with Crippen molar-refractivity contribution in [3.63, 3.8) is 0 Å². The van der Waals surface area contributed by atoms with Crippen molar-refractivity contribution in [3.8, 4) is 0 Å². The second kappa shape index (κ2) is 5.59. The van der Waals surface area contributed by atoms with Crippen LogP contribution in [0.2, 0.25) is 0 Å². The van der Waals surface area contributed by atoms with Gasteiger partial charge in [-0.25, -0.2) is 15.8 Å². The van der Waals surface area contributed by atoms with Crippen LogP contribution in [0, 0.1) is 0 Å². The first kappa shape index (κ1) is 12.4. The fourth-order valence-electron chi connectivity index (χ4n) is 2.23. The topological polar surface area (TPSA) is 63.8 Å². The second-order valence-electron chi connectivity index (χ2n) is 4.54. The maximum absolute atomic E-state index is 5.55. The van der Waals surface area contributed by atoms with Gasteiger partial charge in [0, 0.05) is 23.5 Å². The Morgan fingerprint density at radius 3 is 2.74 bits per heavy atom. The van der Waals surface area contributed by atoms with E-state index in [-0.39, 0.29) is 0 Å². The lowest BCUT2D eigenvalue weighted by Crippen LogP contribution is -2.14. The van der Waals surface area contributed by atoms with Crippen LogP contribution in [0.1, 0.15) is 22.6 Å². The van der Waals surface area contributed by atoms with Crippen LogP contribution < -0.4 is 11.3 Å². The molecule has 98 valence electrons. The molecule has 0 saturated heterocycles. The van der Waals surface area contributed by atoms with Crippen molar-refractivity contribution in [1.29, 1.82) is 0 Å². The molecular weight excluding hydrogens is 256 g/mol. The molecule has 0 amide bonds. The first-order chi connectivity index (χ1) is 9.36. The highest BCUT2D eigenvalue weighted by Crippen LogP contribution is 2.32. The van der Waals surface area contributed by atoms with Crippen LogP contribution in [0.4, 0.5) is 5.82 Å². The van der Waals surface area contributed by atoms with Gasteiger partial charge < -0.3 is 5.43 Å². The van der Waals surface area contributed by atoms with Crippen LogP contribution in [0.3, 0.4) is 0 Å². The molecule has 1 aromatic heterocycles. The highest BCUT2D eigenvalue weighted by Gasteiger charge is 2.19. The second-order valence-corrected chi connectivity index (χ2v) is 5.52. The minimum Gasteiger partial charge on any atom is -0.308 e.